The van der Waals surface area contributed by atoms with Gasteiger partial charge in [0.2, 0.25) is 5.88 Å². The summed E-state index contributed by atoms with van der Waals surface area (Å²) < 4.78 is 21.7. The second-order valence-electron chi connectivity index (χ2n) is 6.79. The van der Waals surface area contributed by atoms with Crippen LogP contribution in [0.15, 0.2) is 60.7 Å². The normalized spacial score (nSPS) is 10.3. The van der Waals surface area contributed by atoms with Crippen LogP contribution in [-0.2, 0) is 4.79 Å². The molecule has 8 nitrogen and oxygen atoms in total. The maximum Gasteiger partial charge on any atom is 0.258 e. The average Bonchev–Trinajstić information content (AvgIpc) is 2.85. The Bertz CT molecular complexity index is 960. The highest BCUT2D eigenvalue weighted by molar-refractivity contribution is 5.77. The summed E-state index contributed by atoms with van der Waals surface area (Å²) in [5.74, 6) is 2.32. The quantitative estimate of drug-likeness (QED) is 0.434. The lowest BCUT2D eigenvalue weighted by Gasteiger charge is -2.09. The van der Waals surface area contributed by atoms with Crippen molar-refractivity contribution < 1.29 is 23.7 Å². The highest BCUT2D eigenvalue weighted by atomic mass is 16.5. The van der Waals surface area contributed by atoms with Gasteiger partial charge >= 0.3 is 0 Å². The molecule has 2 aromatic carbocycles. The van der Waals surface area contributed by atoms with Crippen LogP contribution < -0.4 is 24.3 Å². The number of rotatable bonds is 12. The van der Waals surface area contributed by atoms with E-state index in [1.54, 1.807) is 25.3 Å². The van der Waals surface area contributed by atoms with E-state index < -0.39 is 0 Å². The van der Waals surface area contributed by atoms with Crippen molar-refractivity contribution in [2.45, 2.75) is 13.3 Å². The van der Waals surface area contributed by atoms with Crippen LogP contribution in [0.3, 0.4) is 0 Å². The van der Waals surface area contributed by atoms with Crippen molar-refractivity contribution in [3.63, 3.8) is 0 Å². The third-order valence-corrected chi connectivity index (χ3v) is 4.37. The number of hydrogen-bond acceptors (Lipinski definition) is 7. The lowest BCUT2D eigenvalue weighted by Crippen LogP contribution is -2.32. The van der Waals surface area contributed by atoms with E-state index in [9.17, 15) is 4.79 Å². The second kappa shape index (κ2) is 12.1. The summed E-state index contributed by atoms with van der Waals surface area (Å²) in [5.41, 5.74) is 1.66. The van der Waals surface area contributed by atoms with Crippen LogP contribution in [0.5, 0.6) is 23.1 Å². The molecule has 3 rings (SSSR count). The van der Waals surface area contributed by atoms with E-state index in [0.717, 1.165) is 29.2 Å². The van der Waals surface area contributed by atoms with E-state index >= 15 is 0 Å². The van der Waals surface area contributed by atoms with Crippen LogP contribution in [0.2, 0.25) is 0 Å². The van der Waals surface area contributed by atoms with Crippen LogP contribution in [-0.4, -0.2) is 49.6 Å². The maximum absolute atomic E-state index is 11.9. The van der Waals surface area contributed by atoms with Gasteiger partial charge in [0.05, 0.1) is 26.0 Å². The Morgan fingerprint density at radius 2 is 1.50 bits per heavy atom. The molecule has 0 aliphatic rings. The predicted molar refractivity (Wildman–Crippen MR) is 120 cm³/mol. The van der Waals surface area contributed by atoms with Gasteiger partial charge in [-0.3, -0.25) is 4.79 Å². The molecule has 1 heterocycles. The third-order valence-electron chi connectivity index (χ3n) is 4.37. The van der Waals surface area contributed by atoms with E-state index in [2.05, 4.69) is 15.5 Å². The van der Waals surface area contributed by atoms with Gasteiger partial charge in [0.1, 0.15) is 23.9 Å². The second-order valence-corrected chi connectivity index (χ2v) is 6.79. The first-order chi connectivity index (χ1) is 15.7. The number of carbonyl (C=O) groups is 1. The molecule has 0 saturated heterocycles. The van der Waals surface area contributed by atoms with Crippen LogP contribution in [0.4, 0.5) is 0 Å². The highest BCUT2D eigenvalue weighted by Gasteiger charge is 2.05. The Morgan fingerprint density at radius 3 is 2.12 bits per heavy atom. The number of hydrogen-bond donors (Lipinski definition) is 1. The summed E-state index contributed by atoms with van der Waals surface area (Å²) in [6.45, 7) is 3.24. The number of nitrogens with zero attached hydrogens (tertiary/aromatic N) is 2. The molecule has 32 heavy (non-hydrogen) atoms. The first-order valence-corrected chi connectivity index (χ1v) is 10.4. The zero-order valence-electron chi connectivity index (χ0n) is 18.2. The van der Waals surface area contributed by atoms with Crippen molar-refractivity contribution in [2.24, 2.45) is 0 Å². The number of methoxy groups -OCH3 is 1. The number of ether oxygens (including phenoxy) is 4. The van der Waals surface area contributed by atoms with Gasteiger partial charge in [-0.1, -0.05) is 6.92 Å². The summed E-state index contributed by atoms with van der Waals surface area (Å²) >= 11 is 0. The fraction of sp³-hybridized carbons (Fsp3) is 0.292. The summed E-state index contributed by atoms with van der Waals surface area (Å²) in [6.07, 6.45) is 0.948. The number of benzene rings is 2. The van der Waals surface area contributed by atoms with Gasteiger partial charge in [-0.15, -0.1) is 10.2 Å². The highest BCUT2D eigenvalue weighted by Crippen LogP contribution is 2.21. The Kier molecular flexibility index (Phi) is 8.68. The van der Waals surface area contributed by atoms with Crippen molar-refractivity contribution in [3.8, 4) is 34.4 Å². The Hall–Kier alpha value is -3.81. The fourth-order valence-corrected chi connectivity index (χ4v) is 2.71. The van der Waals surface area contributed by atoms with Crippen LogP contribution in [0.1, 0.15) is 13.3 Å². The number of nitrogens with one attached hydrogen (secondary N) is 1. The van der Waals surface area contributed by atoms with E-state index in [0.29, 0.717) is 24.8 Å². The molecular weight excluding hydrogens is 410 g/mol. The predicted octanol–water partition coefficient (Wildman–Crippen LogP) is 3.52. The molecular formula is C24H27N3O5. The summed E-state index contributed by atoms with van der Waals surface area (Å²) in [5, 5.41) is 11.0. The first kappa shape index (κ1) is 22.9. The molecule has 0 atom stereocenters. The largest absolute Gasteiger partial charge is 0.497 e. The van der Waals surface area contributed by atoms with E-state index in [1.165, 1.54) is 0 Å². The van der Waals surface area contributed by atoms with E-state index in [-0.39, 0.29) is 19.1 Å². The van der Waals surface area contributed by atoms with Gasteiger partial charge in [0.25, 0.3) is 5.91 Å². The Morgan fingerprint density at radius 1 is 0.812 bits per heavy atom. The lowest BCUT2D eigenvalue weighted by molar-refractivity contribution is -0.123. The van der Waals surface area contributed by atoms with Crippen LogP contribution in [0.25, 0.3) is 11.3 Å². The van der Waals surface area contributed by atoms with Crippen LogP contribution in [0, 0.1) is 0 Å². The Balaban J connectivity index is 1.34. The SMILES string of the molecule is CCCOc1ccc(OCC(=O)NCCOc2ccc(-c3ccc(OC)cc3)nn2)cc1. The molecule has 0 unspecified atom stereocenters. The number of carbonyl (C=O) groups excluding carboxylic acids is 1. The van der Waals surface area contributed by atoms with E-state index in [1.807, 2.05) is 49.4 Å². The van der Waals surface area contributed by atoms with Gasteiger partial charge < -0.3 is 24.3 Å². The maximum atomic E-state index is 11.9. The first-order valence-electron chi connectivity index (χ1n) is 10.4. The van der Waals surface area contributed by atoms with Crippen molar-refractivity contribution >= 4 is 5.91 Å². The Labute approximate surface area is 187 Å². The molecule has 3 aromatic rings. The zero-order chi connectivity index (χ0) is 22.6. The minimum Gasteiger partial charge on any atom is -0.497 e. The van der Waals surface area contributed by atoms with Gasteiger partial charge in [0.15, 0.2) is 6.61 Å². The lowest BCUT2D eigenvalue weighted by atomic mass is 10.1. The summed E-state index contributed by atoms with van der Waals surface area (Å²) in [7, 11) is 1.62. The molecule has 0 bridgehead atoms. The molecule has 0 radical (unpaired) electrons. The van der Waals surface area contributed by atoms with Gasteiger partial charge in [0, 0.05) is 11.6 Å². The smallest absolute Gasteiger partial charge is 0.258 e. The monoisotopic (exact) mass is 437 g/mol. The molecule has 0 spiro atoms. The van der Waals surface area contributed by atoms with Gasteiger partial charge in [-0.2, -0.15) is 0 Å². The molecule has 0 aliphatic carbocycles. The van der Waals surface area contributed by atoms with Crippen LogP contribution >= 0.6 is 0 Å². The topological polar surface area (TPSA) is 91.8 Å². The fourth-order valence-electron chi connectivity index (χ4n) is 2.71. The van der Waals surface area contributed by atoms with Gasteiger partial charge in [-0.05, 0) is 61.0 Å². The molecule has 8 heteroatoms. The summed E-state index contributed by atoms with van der Waals surface area (Å²) in [4.78, 5) is 11.9. The molecule has 1 aromatic heterocycles. The van der Waals surface area contributed by atoms with Gasteiger partial charge in [-0.25, -0.2) is 0 Å². The molecule has 0 saturated carbocycles. The average molecular weight is 437 g/mol. The van der Waals surface area contributed by atoms with E-state index in [4.69, 9.17) is 18.9 Å². The molecule has 1 N–H and O–H groups in total. The number of amides is 1. The van der Waals surface area contributed by atoms with Crippen molar-refractivity contribution in [2.75, 3.05) is 33.5 Å². The standard InChI is InChI=1S/C24H27N3O5/c1-3-15-30-20-8-10-21(11-9-20)32-17-23(28)25-14-16-31-24-13-12-22(26-27-24)18-4-6-19(29-2)7-5-18/h4-13H,3,14-17H2,1-2H3,(H,25,28). The third kappa shape index (κ3) is 7.16. The minimum absolute atomic E-state index is 0.0778. The summed E-state index contributed by atoms with van der Waals surface area (Å²) in [6, 6.07) is 18.3. The molecule has 168 valence electrons. The van der Waals surface area contributed by atoms with Crippen molar-refractivity contribution in [3.05, 3.63) is 60.7 Å². The molecule has 0 aliphatic heterocycles. The van der Waals surface area contributed by atoms with Crippen molar-refractivity contribution in [1.82, 2.24) is 15.5 Å². The number of aromatic nitrogens is 2. The minimum atomic E-state index is -0.235. The van der Waals surface area contributed by atoms with Crippen molar-refractivity contribution in [1.29, 1.82) is 0 Å². The molecule has 0 fully saturated rings. The zero-order valence-corrected chi connectivity index (χ0v) is 18.2. The molecule has 1 amide bonds.